The average Bonchev–Trinajstić information content (AvgIpc) is 2.78. The summed E-state index contributed by atoms with van der Waals surface area (Å²) in [7, 11) is 0. The minimum Gasteiger partial charge on any atom is -0.391 e. The molecule has 19 heavy (non-hydrogen) atoms. The van der Waals surface area contributed by atoms with Crippen LogP contribution in [0, 0.1) is 5.92 Å². The summed E-state index contributed by atoms with van der Waals surface area (Å²) in [6, 6.07) is 7.46. The highest BCUT2D eigenvalue weighted by molar-refractivity contribution is 6.30. The van der Waals surface area contributed by atoms with Gasteiger partial charge in [0.2, 0.25) is 5.91 Å². The Balaban J connectivity index is 2.20. The monoisotopic (exact) mass is 281 g/mol. The summed E-state index contributed by atoms with van der Waals surface area (Å²) in [5, 5.41) is 10.2. The van der Waals surface area contributed by atoms with Crippen molar-refractivity contribution in [2.24, 2.45) is 5.92 Å². The molecule has 1 unspecified atom stereocenters. The fraction of sp³-hybridized carbons (Fsp3) is 0.533. The van der Waals surface area contributed by atoms with Gasteiger partial charge in [-0.1, -0.05) is 37.6 Å². The molecule has 0 radical (unpaired) electrons. The molecule has 0 aromatic heterocycles. The predicted octanol–water partition coefficient (Wildman–Crippen LogP) is 2.67. The lowest BCUT2D eigenvalue weighted by Crippen LogP contribution is -2.36. The third-order valence-electron chi connectivity index (χ3n) is 3.64. The molecule has 1 saturated heterocycles. The number of hydrogen-bond donors (Lipinski definition) is 1. The summed E-state index contributed by atoms with van der Waals surface area (Å²) in [5.74, 6) is 0.155. The fourth-order valence-electron chi connectivity index (χ4n) is 2.62. The van der Waals surface area contributed by atoms with E-state index in [1.54, 1.807) is 4.90 Å². The Morgan fingerprint density at radius 2 is 2.00 bits per heavy atom. The molecule has 1 amide bonds. The summed E-state index contributed by atoms with van der Waals surface area (Å²) in [4.78, 5) is 14.4. The average molecular weight is 282 g/mol. The van der Waals surface area contributed by atoms with E-state index in [-0.39, 0.29) is 23.8 Å². The van der Waals surface area contributed by atoms with Crippen molar-refractivity contribution in [1.29, 1.82) is 0 Å². The van der Waals surface area contributed by atoms with E-state index in [2.05, 4.69) is 0 Å². The Bertz CT molecular complexity index is 444. The highest BCUT2D eigenvalue weighted by Crippen LogP contribution is 2.29. The molecular formula is C15H20ClNO2. The van der Waals surface area contributed by atoms with Crippen LogP contribution in [0.4, 0.5) is 0 Å². The Hall–Kier alpha value is -1.06. The molecule has 2 rings (SSSR count). The van der Waals surface area contributed by atoms with E-state index in [0.29, 0.717) is 24.5 Å². The van der Waals surface area contributed by atoms with Crippen molar-refractivity contribution in [1.82, 2.24) is 4.90 Å². The van der Waals surface area contributed by atoms with Crippen LogP contribution < -0.4 is 0 Å². The van der Waals surface area contributed by atoms with Crippen molar-refractivity contribution in [2.45, 2.75) is 32.3 Å². The summed E-state index contributed by atoms with van der Waals surface area (Å²) in [6.07, 6.45) is 0.305. The Kier molecular flexibility index (Phi) is 4.48. The number of β-amino-alcohol motifs (C(OH)–C–C–N with tert-alkyl or cyclic N) is 1. The molecule has 0 bridgehead atoms. The summed E-state index contributed by atoms with van der Waals surface area (Å²) >= 11 is 5.89. The Morgan fingerprint density at radius 1 is 1.37 bits per heavy atom. The molecule has 1 heterocycles. The maximum absolute atomic E-state index is 12.6. The lowest BCUT2D eigenvalue weighted by atomic mass is 9.87. The van der Waals surface area contributed by atoms with Crippen LogP contribution in [0.15, 0.2) is 24.3 Å². The maximum Gasteiger partial charge on any atom is 0.230 e. The zero-order valence-corrected chi connectivity index (χ0v) is 12.1. The van der Waals surface area contributed by atoms with E-state index < -0.39 is 0 Å². The Labute approximate surface area is 119 Å². The van der Waals surface area contributed by atoms with Crippen molar-refractivity contribution in [3.05, 3.63) is 34.9 Å². The van der Waals surface area contributed by atoms with Gasteiger partial charge in [0.15, 0.2) is 0 Å². The number of hydrogen-bond acceptors (Lipinski definition) is 2. The minimum atomic E-state index is -0.373. The van der Waals surface area contributed by atoms with Gasteiger partial charge in [-0.2, -0.15) is 0 Å². The van der Waals surface area contributed by atoms with E-state index >= 15 is 0 Å². The number of aliphatic hydroxyl groups is 1. The number of rotatable bonds is 3. The van der Waals surface area contributed by atoms with Crippen LogP contribution >= 0.6 is 11.6 Å². The van der Waals surface area contributed by atoms with Gasteiger partial charge in [-0.3, -0.25) is 4.79 Å². The molecule has 1 aromatic carbocycles. The van der Waals surface area contributed by atoms with E-state index in [1.807, 2.05) is 38.1 Å². The number of carbonyl (C=O) groups is 1. The number of carbonyl (C=O) groups excluding carboxylic acids is 1. The third kappa shape index (κ3) is 3.28. The molecule has 4 heteroatoms. The number of amides is 1. The maximum atomic E-state index is 12.6. The van der Waals surface area contributed by atoms with Gasteiger partial charge >= 0.3 is 0 Å². The zero-order chi connectivity index (χ0) is 14.0. The highest BCUT2D eigenvalue weighted by Gasteiger charge is 2.32. The molecule has 1 aliphatic heterocycles. The second-order valence-corrected chi connectivity index (χ2v) is 5.94. The van der Waals surface area contributed by atoms with Crippen molar-refractivity contribution in [3.8, 4) is 0 Å². The highest BCUT2D eigenvalue weighted by atomic mass is 35.5. The molecular weight excluding hydrogens is 262 g/mol. The number of halogens is 1. The fourth-order valence-corrected chi connectivity index (χ4v) is 2.75. The molecule has 1 aromatic rings. The van der Waals surface area contributed by atoms with Crippen molar-refractivity contribution in [2.75, 3.05) is 13.1 Å². The van der Waals surface area contributed by atoms with Crippen molar-refractivity contribution in [3.63, 3.8) is 0 Å². The van der Waals surface area contributed by atoms with Gasteiger partial charge < -0.3 is 10.0 Å². The summed E-state index contributed by atoms with van der Waals surface area (Å²) in [6.45, 7) is 5.19. The normalized spacial score (nSPS) is 20.9. The molecule has 1 N–H and O–H groups in total. The number of aliphatic hydroxyl groups excluding tert-OH is 1. The van der Waals surface area contributed by atoms with Crippen LogP contribution in [0.2, 0.25) is 5.02 Å². The minimum absolute atomic E-state index is 0.105. The van der Waals surface area contributed by atoms with E-state index in [9.17, 15) is 9.90 Å². The zero-order valence-electron chi connectivity index (χ0n) is 11.3. The van der Waals surface area contributed by atoms with Crippen molar-refractivity contribution >= 4 is 17.5 Å². The predicted molar refractivity (Wildman–Crippen MR) is 76.2 cm³/mol. The number of benzene rings is 1. The van der Waals surface area contributed by atoms with Crippen LogP contribution in [0.25, 0.3) is 0 Å². The largest absolute Gasteiger partial charge is 0.391 e. The second-order valence-electron chi connectivity index (χ2n) is 5.50. The van der Waals surface area contributed by atoms with Gasteiger partial charge in [-0.15, -0.1) is 0 Å². The van der Waals surface area contributed by atoms with Crippen LogP contribution in [-0.4, -0.2) is 35.1 Å². The quantitative estimate of drug-likeness (QED) is 0.925. The smallest absolute Gasteiger partial charge is 0.230 e. The standard InChI is InChI=1S/C15H20ClNO2/c1-10(2)14(11-3-5-12(16)6-4-11)15(19)17-8-7-13(18)9-17/h3-6,10,13-14,18H,7-9H2,1-2H3/t13-,14?/m1/s1. The third-order valence-corrected chi connectivity index (χ3v) is 3.89. The lowest BCUT2D eigenvalue weighted by molar-refractivity contribution is -0.133. The first-order valence-electron chi connectivity index (χ1n) is 6.71. The summed E-state index contributed by atoms with van der Waals surface area (Å²) < 4.78 is 0. The van der Waals surface area contributed by atoms with Gasteiger partial charge in [0.1, 0.15) is 0 Å². The van der Waals surface area contributed by atoms with E-state index in [4.69, 9.17) is 11.6 Å². The molecule has 0 saturated carbocycles. The van der Waals surface area contributed by atoms with Crippen LogP contribution in [0.3, 0.4) is 0 Å². The molecule has 0 aliphatic carbocycles. The second kappa shape index (κ2) is 5.93. The van der Waals surface area contributed by atoms with Gasteiger partial charge in [0, 0.05) is 18.1 Å². The lowest BCUT2D eigenvalue weighted by Gasteiger charge is -2.26. The van der Waals surface area contributed by atoms with Gasteiger partial charge in [-0.25, -0.2) is 0 Å². The van der Waals surface area contributed by atoms with E-state index in [1.165, 1.54) is 0 Å². The first-order valence-corrected chi connectivity index (χ1v) is 7.09. The van der Waals surface area contributed by atoms with Crippen LogP contribution in [0.1, 0.15) is 31.7 Å². The first kappa shape index (κ1) is 14.4. The van der Waals surface area contributed by atoms with Gasteiger partial charge in [-0.05, 0) is 30.0 Å². The van der Waals surface area contributed by atoms with Crippen LogP contribution in [0.5, 0.6) is 0 Å². The van der Waals surface area contributed by atoms with Gasteiger partial charge in [0.05, 0.1) is 12.0 Å². The number of likely N-dealkylation sites (tertiary alicyclic amines) is 1. The topological polar surface area (TPSA) is 40.5 Å². The SMILES string of the molecule is CC(C)C(C(=O)N1CC[C@@H](O)C1)c1ccc(Cl)cc1. The molecule has 3 nitrogen and oxygen atoms in total. The molecule has 0 spiro atoms. The van der Waals surface area contributed by atoms with E-state index in [0.717, 1.165) is 5.56 Å². The molecule has 104 valence electrons. The molecule has 2 atom stereocenters. The van der Waals surface area contributed by atoms with Crippen molar-refractivity contribution < 1.29 is 9.90 Å². The molecule has 1 fully saturated rings. The Morgan fingerprint density at radius 3 is 2.47 bits per heavy atom. The van der Waals surface area contributed by atoms with Crippen LogP contribution in [-0.2, 0) is 4.79 Å². The molecule has 1 aliphatic rings. The summed E-state index contributed by atoms with van der Waals surface area (Å²) in [5.41, 5.74) is 0.991. The first-order chi connectivity index (χ1) is 8.99. The number of nitrogens with zero attached hydrogens (tertiary/aromatic N) is 1. The van der Waals surface area contributed by atoms with Gasteiger partial charge in [0.25, 0.3) is 0 Å².